The van der Waals surface area contributed by atoms with Crippen LogP contribution >= 0.6 is 0 Å². The first-order valence-electron chi connectivity index (χ1n) is 10.3. The molecule has 0 atom stereocenters. The van der Waals surface area contributed by atoms with Crippen molar-refractivity contribution in [2.45, 2.75) is 18.3 Å². The molecule has 0 unspecified atom stereocenters. The molecule has 3 N–H and O–H groups in total. The maximum absolute atomic E-state index is 13.7. The number of hydrogen-bond acceptors (Lipinski definition) is 5. The summed E-state index contributed by atoms with van der Waals surface area (Å²) in [7, 11) is 3.90. The molecule has 2 aromatic heterocycles. The van der Waals surface area contributed by atoms with Crippen LogP contribution in [0.2, 0.25) is 0 Å². The lowest BCUT2D eigenvalue weighted by molar-refractivity contribution is 0.0669. The van der Waals surface area contributed by atoms with Crippen molar-refractivity contribution in [1.82, 2.24) is 19.4 Å². The number of halogens is 1. The Hall–Kier alpha value is -3.10. The van der Waals surface area contributed by atoms with Gasteiger partial charge in [0.25, 0.3) is 0 Å². The zero-order valence-electron chi connectivity index (χ0n) is 17.5. The van der Waals surface area contributed by atoms with Gasteiger partial charge in [0.15, 0.2) is 5.82 Å². The van der Waals surface area contributed by atoms with Crippen LogP contribution in [0.3, 0.4) is 0 Å². The molecule has 0 amide bonds. The van der Waals surface area contributed by atoms with Crippen LogP contribution in [-0.4, -0.2) is 57.2 Å². The van der Waals surface area contributed by atoms with Crippen molar-refractivity contribution in [2.24, 2.45) is 12.8 Å². The van der Waals surface area contributed by atoms with Crippen LogP contribution < -0.4 is 5.73 Å². The van der Waals surface area contributed by atoms with Crippen LogP contribution in [-0.2, 0) is 25.3 Å². The average Bonchev–Trinajstić information content (AvgIpc) is 3.04. The van der Waals surface area contributed by atoms with Crippen molar-refractivity contribution in [2.75, 3.05) is 26.7 Å². The Bertz CT molecular complexity index is 1210. The van der Waals surface area contributed by atoms with Gasteiger partial charge in [-0.25, -0.2) is 19.2 Å². The Kier molecular flexibility index (Phi) is 4.46. The van der Waals surface area contributed by atoms with Crippen LogP contribution in [0.4, 0.5) is 4.39 Å². The van der Waals surface area contributed by atoms with E-state index in [0.717, 1.165) is 22.5 Å². The molecule has 0 radical (unpaired) electrons. The third-order valence-corrected chi connectivity index (χ3v) is 6.56. The van der Waals surface area contributed by atoms with E-state index in [4.69, 9.17) is 10.7 Å². The summed E-state index contributed by atoms with van der Waals surface area (Å²) in [6.45, 7) is 1.80. The molecule has 160 valence electrons. The molecular weight excluding hydrogens is 397 g/mol. The Balaban J connectivity index is 1.73. The van der Waals surface area contributed by atoms with Crippen molar-refractivity contribution in [3.8, 4) is 22.8 Å². The Morgan fingerprint density at radius 2 is 2.06 bits per heavy atom. The van der Waals surface area contributed by atoms with Crippen LogP contribution in [0.1, 0.15) is 27.2 Å². The third kappa shape index (κ3) is 2.90. The molecule has 0 saturated carbocycles. The smallest absolute Gasteiger partial charge is 0.337 e. The molecule has 0 spiro atoms. The Labute approximate surface area is 179 Å². The minimum atomic E-state index is -0.933. The van der Waals surface area contributed by atoms with Crippen LogP contribution in [0.15, 0.2) is 30.5 Å². The van der Waals surface area contributed by atoms with E-state index in [2.05, 4.69) is 9.88 Å². The van der Waals surface area contributed by atoms with E-state index in [0.29, 0.717) is 55.1 Å². The van der Waals surface area contributed by atoms with E-state index < -0.39 is 11.4 Å². The van der Waals surface area contributed by atoms with Crippen molar-refractivity contribution < 1.29 is 14.3 Å². The van der Waals surface area contributed by atoms with Crippen molar-refractivity contribution in [3.63, 3.8) is 0 Å². The summed E-state index contributed by atoms with van der Waals surface area (Å²) in [5.74, 6) is -0.868. The number of fused-ring (bicyclic) bond motifs is 3. The number of hydrogen-bond donors (Lipinski definition) is 2. The fourth-order valence-corrected chi connectivity index (χ4v) is 5.32. The molecule has 31 heavy (non-hydrogen) atoms. The van der Waals surface area contributed by atoms with E-state index in [1.54, 1.807) is 18.3 Å². The average molecular weight is 421 g/mol. The van der Waals surface area contributed by atoms with Crippen molar-refractivity contribution in [3.05, 3.63) is 58.7 Å². The minimum absolute atomic E-state index is 0.354. The maximum atomic E-state index is 13.7. The molecular formula is C23H24FN5O2. The monoisotopic (exact) mass is 421 g/mol. The number of carboxylic acid groups (broad SMARTS) is 1. The lowest BCUT2D eigenvalue weighted by Gasteiger charge is -2.48. The van der Waals surface area contributed by atoms with E-state index in [1.807, 2.05) is 18.7 Å². The number of nitrogens with two attached hydrogens (primary N) is 1. The van der Waals surface area contributed by atoms with Gasteiger partial charge in [0, 0.05) is 49.6 Å². The molecule has 1 fully saturated rings. The van der Waals surface area contributed by atoms with Crippen molar-refractivity contribution in [1.29, 1.82) is 0 Å². The summed E-state index contributed by atoms with van der Waals surface area (Å²) in [6, 6.07) is 6.17. The first kappa shape index (κ1) is 19.8. The lowest BCUT2D eigenvalue weighted by atomic mass is 9.75. The number of aromatic carboxylic acids is 1. The highest BCUT2D eigenvalue weighted by Gasteiger charge is 2.48. The van der Waals surface area contributed by atoms with Gasteiger partial charge < -0.3 is 20.3 Å². The number of aromatic nitrogens is 3. The summed E-state index contributed by atoms with van der Waals surface area (Å²) < 4.78 is 15.7. The molecule has 7 nitrogen and oxygen atoms in total. The molecule has 3 aromatic rings. The molecule has 0 bridgehead atoms. The number of nitrogens with zero attached hydrogens (tertiary/aromatic N) is 4. The Morgan fingerprint density at radius 1 is 1.29 bits per heavy atom. The molecule has 2 aliphatic rings. The van der Waals surface area contributed by atoms with Crippen molar-refractivity contribution >= 4 is 5.97 Å². The second kappa shape index (κ2) is 6.96. The number of carboxylic acids is 1. The van der Waals surface area contributed by atoms with Gasteiger partial charge in [-0.3, -0.25) is 0 Å². The molecule has 5 rings (SSSR count). The zero-order valence-corrected chi connectivity index (χ0v) is 17.5. The lowest BCUT2D eigenvalue weighted by Crippen LogP contribution is -2.62. The predicted octanol–water partition coefficient (Wildman–Crippen LogP) is 2.23. The molecule has 1 aliphatic heterocycles. The standard InChI is InChI=1S/C23H24FN5O2/c1-28-11-23(10-25,12-28)20-17(22(30)31)16-7-6-14-9-26-21(13-4-3-5-15(24)8-13)27-18(14)19(16)29(20)2/h3-5,8-9H,6-7,10-12,25H2,1-2H3,(H,30,31). The van der Waals surface area contributed by atoms with Gasteiger partial charge in [0.2, 0.25) is 0 Å². The van der Waals surface area contributed by atoms with Gasteiger partial charge in [0.05, 0.1) is 17.0 Å². The van der Waals surface area contributed by atoms with E-state index >= 15 is 0 Å². The molecule has 1 aromatic carbocycles. The summed E-state index contributed by atoms with van der Waals surface area (Å²) >= 11 is 0. The van der Waals surface area contributed by atoms with E-state index in [9.17, 15) is 14.3 Å². The second-order valence-corrected chi connectivity index (χ2v) is 8.65. The number of rotatable bonds is 4. The van der Waals surface area contributed by atoms with Gasteiger partial charge in [-0.15, -0.1) is 0 Å². The first-order chi connectivity index (χ1) is 14.8. The normalized spacial score (nSPS) is 17.0. The fourth-order valence-electron chi connectivity index (χ4n) is 5.32. The first-order valence-corrected chi connectivity index (χ1v) is 10.3. The van der Waals surface area contributed by atoms with Gasteiger partial charge in [-0.1, -0.05) is 12.1 Å². The number of aryl methyl sites for hydroxylation is 1. The quantitative estimate of drug-likeness (QED) is 0.671. The van der Waals surface area contributed by atoms with Gasteiger partial charge >= 0.3 is 5.97 Å². The third-order valence-electron chi connectivity index (χ3n) is 6.56. The second-order valence-electron chi connectivity index (χ2n) is 8.65. The number of likely N-dealkylation sites (tertiary alicyclic amines) is 1. The Morgan fingerprint density at radius 3 is 2.71 bits per heavy atom. The number of carbonyl (C=O) groups is 1. The molecule has 1 saturated heterocycles. The summed E-state index contributed by atoms with van der Waals surface area (Å²) in [5.41, 5.74) is 10.8. The van der Waals surface area contributed by atoms with Gasteiger partial charge in [0.1, 0.15) is 5.82 Å². The van der Waals surface area contributed by atoms with Gasteiger partial charge in [-0.05, 0) is 43.1 Å². The highest BCUT2D eigenvalue weighted by Crippen LogP contribution is 2.44. The predicted molar refractivity (Wildman–Crippen MR) is 114 cm³/mol. The molecule has 1 aliphatic carbocycles. The zero-order chi connectivity index (χ0) is 21.9. The highest BCUT2D eigenvalue weighted by atomic mass is 19.1. The van der Waals surface area contributed by atoms with Crippen LogP contribution in [0.5, 0.6) is 0 Å². The van der Waals surface area contributed by atoms with Crippen LogP contribution in [0, 0.1) is 5.82 Å². The number of benzene rings is 1. The van der Waals surface area contributed by atoms with Crippen LogP contribution in [0.25, 0.3) is 22.8 Å². The van der Waals surface area contributed by atoms with E-state index in [1.165, 1.54) is 12.1 Å². The summed E-state index contributed by atoms with van der Waals surface area (Å²) in [4.78, 5) is 23.7. The topological polar surface area (TPSA) is 97.3 Å². The minimum Gasteiger partial charge on any atom is -0.478 e. The maximum Gasteiger partial charge on any atom is 0.337 e. The largest absolute Gasteiger partial charge is 0.478 e. The fraction of sp³-hybridized carbons (Fsp3) is 0.348. The SMILES string of the molecule is CN1CC(CN)(c2c(C(=O)O)c3c(n2C)-c2nc(-c4cccc(F)c4)ncc2CC3)C1. The van der Waals surface area contributed by atoms with E-state index in [-0.39, 0.29) is 5.82 Å². The summed E-state index contributed by atoms with van der Waals surface area (Å²) in [5, 5.41) is 10.1. The number of likely N-dealkylation sites (N-methyl/N-ethyl adjacent to an activating group) is 1. The summed E-state index contributed by atoms with van der Waals surface area (Å²) in [6.07, 6.45) is 3.04. The molecule has 3 heterocycles. The molecule has 8 heteroatoms. The highest BCUT2D eigenvalue weighted by molar-refractivity contribution is 5.95. The van der Waals surface area contributed by atoms with Gasteiger partial charge in [-0.2, -0.15) is 0 Å².